The highest BCUT2D eigenvalue weighted by molar-refractivity contribution is 7.20. The fourth-order valence-corrected chi connectivity index (χ4v) is 6.13. The summed E-state index contributed by atoms with van der Waals surface area (Å²) in [6.07, 6.45) is -0.176. The number of anilines is 1. The van der Waals surface area contributed by atoms with Gasteiger partial charge in [0.15, 0.2) is 5.01 Å². The highest BCUT2D eigenvalue weighted by atomic mass is 32.1. The molecule has 0 aliphatic carbocycles. The Hall–Kier alpha value is -3.99. The van der Waals surface area contributed by atoms with Gasteiger partial charge in [0.2, 0.25) is 0 Å². The molecule has 43 heavy (non-hydrogen) atoms. The topological polar surface area (TPSA) is 93.2 Å². The highest BCUT2D eigenvalue weighted by Gasteiger charge is 2.29. The van der Waals surface area contributed by atoms with Crippen LogP contribution in [0.4, 0.5) is 5.69 Å². The lowest BCUT2D eigenvalue weighted by molar-refractivity contribution is 0.00921. The van der Waals surface area contributed by atoms with Crippen LogP contribution >= 0.6 is 11.3 Å². The van der Waals surface area contributed by atoms with E-state index in [2.05, 4.69) is 41.2 Å². The van der Waals surface area contributed by atoms with Crippen LogP contribution in [0.25, 0.3) is 10.2 Å². The van der Waals surface area contributed by atoms with E-state index in [-0.39, 0.29) is 29.9 Å². The van der Waals surface area contributed by atoms with Gasteiger partial charge in [-0.1, -0.05) is 31.2 Å². The molecule has 1 aliphatic heterocycles. The number of likely N-dealkylation sites (N-methyl/N-ethyl adjacent to an activating group) is 1. The van der Waals surface area contributed by atoms with Gasteiger partial charge in [0.25, 0.3) is 11.8 Å². The van der Waals surface area contributed by atoms with Gasteiger partial charge >= 0.3 is 0 Å². The number of thiazole rings is 1. The quantitative estimate of drug-likeness (QED) is 0.309. The zero-order chi connectivity index (χ0) is 30.5. The third kappa shape index (κ3) is 7.15. The van der Waals surface area contributed by atoms with E-state index in [1.165, 1.54) is 16.9 Å². The van der Waals surface area contributed by atoms with Crippen LogP contribution < -0.4 is 14.8 Å². The second kappa shape index (κ2) is 13.5. The summed E-state index contributed by atoms with van der Waals surface area (Å²) in [6, 6.07) is 20.9. The lowest BCUT2D eigenvalue weighted by Crippen LogP contribution is -2.46. The summed E-state index contributed by atoms with van der Waals surface area (Å²) in [5, 5.41) is 3.27. The van der Waals surface area contributed by atoms with Crippen molar-refractivity contribution in [2.45, 2.75) is 32.5 Å². The fraction of sp³-hybridized carbons (Fsp3) is 0.364. The van der Waals surface area contributed by atoms with Gasteiger partial charge in [0.1, 0.15) is 18.1 Å². The van der Waals surface area contributed by atoms with E-state index in [4.69, 9.17) is 14.2 Å². The van der Waals surface area contributed by atoms with Crippen molar-refractivity contribution in [2.75, 3.05) is 46.3 Å². The van der Waals surface area contributed by atoms with Crippen molar-refractivity contribution in [3.63, 3.8) is 0 Å². The first-order valence-electron chi connectivity index (χ1n) is 14.3. The molecule has 5 rings (SSSR count). The number of nitrogens with one attached hydrogen (secondary N) is 1. The molecule has 3 atom stereocenters. The van der Waals surface area contributed by atoms with Gasteiger partial charge in [0, 0.05) is 45.5 Å². The van der Waals surface area contributed by atoms with Crippen LogP contribution in [0.1, 0.15) is 39.6 Å². The van der Waals surface area contributed by atoms with E-state index in [1.807, 2.05) is 36.4 Å². The van der Waals surface area contributed by atoms with E-state index < -0.39 is 0 Å². The van der Waals surface area contributed by atoms with E-state index in [0.29, 0.717) is 35.2 Å². The summed E-state index contributed by atoms with van der Waals surface area (Å²) < 4.78 is 18.5. The molecule has 0 spiro atoms. The predicted molar refractivity (Wildman–Crippen MR) is 169 cm³/mol. The number of aromatic nitrogens is 1. The molecule has 1 N–H and O–H groups in total. The zero-order valence-corrected chi connectivity index (χ0v) is 26.0. The summed E-state index contributed by atoms with van der Waals surface area (Å²) in [7, 11) is 5.12. The Labute approximate surface area is 256 Å². The summed E-state index contributed by atoms with van der Waals surface area (Å²) in [5.74, 6) is 0.894. The Morgan fingerprint density at radius 1 is 1.07 bits per heavy atom. The minimum absolute atomic E-state index is 0.0422. The van der Waals surface area contributed by atoms with E-state index in [1.54, 1.807) is 44.4 Å². The number of carbonyl (C=O) groups excluding carboxylic acids is 2. The lowest BCUT2D eigenvalue weighted by Gasteiger charge is -2.36. The van der Waals surface area contributed by atoms with Crippen LogP contribution in [0.5, 0.6) is 11.5 Å². The molecule has 3 aromatic carbocycles. The average Bonchev–Trinajstić information content (AvgIpc) is 3.46. The van der Waals surface area contributed by atoms with Gasteiger partial charge in [-0.25, -0.2) is 4.98 Å². The van der Waals surface area contributed by atoms with Crippen LogP contribution in [0.3, 0.4) is 0 Å². The molecule has 1 aliphatic rings. The van der Waals surface area contributed by atoms with Gasteiger partial charge in [-0.15, -0.1) is 11.3 Å². The number of fused-ring (bicyclic) bond motifs is 2. The minimum atomic E-state index is -0.327. The van der Waals surface area contributed by atoms with Crippen LogP contribution in [-0.2, 0) is 11.3 Å². The number of methoxy groups -OCH3 is 2. The second-order valence-corrected chi connectivity index (χ2v) is 12.1. The average molecular weight is 603 g/mol. The van der Waals surface area contributed by atoms with Gasteiger partial charge in [-0.2, -0.15) is 0 Å². The lowest BCUT2D eigenvalue weighted by atomic mass is 10.0. The highest BCUT2D eigenvalue weighted by Crippen LogP contribution is 2.28. The third-order valence-corrected chi connectivity index (χ3v) is 8.90. The summed E-state index contributed by atoms with van der Waals surface area (Å²) >= 11 is 1.33. The molecule has 2 heterocycles. The summed E-state index contributed by atoms with van der Waals surface area (Å²) in [5.41, 5.74) is 2.81. The van der Waals surface area contributed by atoms with Crippen molar-refractivity contribution in [1.82, 2.24) is 14.8 Å². The number of ether oxygens (including phenoxy) is 3. The SMILES string of the molecule is COc1ccc(CN2C[C@H](C)[C@@H](OC)CN(C)C(=O)c3cc(NC(=O)c4nc5ccccc5s4)ccc3OC[C@H]2C)cc1. The second-order valence-electron chi connectivity index (χ2n) is 11.0. The molecule has 2 amide bonds. The van der Waals surface area contributed by atoms with Gasteiger partial charge in [0.05, 0.1) is 29.0 Å². The van der Waals surface area contributed by atoms with E-state index in [0.717, 1.165) is 29.1 Å². The molecule has 0 saturated carbocycles. The Bertz CT molecular complexity index is 1540. The minimum Gasteiger partial charge on any atom is -0.497 e. The zero-order valence-electron chi connectivity index (χ0n) is 25.2. The van der Waals surface area contributed by atoms with Crippen LogP contribution in [0.15, 0.2) is 66.7 Å². The number of para-hydroxylation sites is 1. The summed E-state index contributed by atoms with van der Waals surface area (Å²) in [6.45, 7) is 6.56. The van der Waals surface area contributed by atoms with Crippen molar-refractivity contribution in [2.24, 2.45) is 5.92 Å². The largest absolute Gasteiger partial charge is 0.497 e. The number of carbonyl (C=O) groups is 2. The molecule has 0 unspecified atom stereocenters. The molecule has 10 heteroatoms. The Balaban J connectivity index is 1.40. The van der Waals surface area contributed by atoms with E-state index in [9.17, 15) is 9.59 Å². The number of amides is 2. The van der Waals surface area contributed by atoms with Gasteiger partial charge in [-0.05, 0) is 60.9 Å². The van der Waals surface area contributed by atoms with Crippen molar-refractivity contribution in [3.05, 3.63) is 82.9 Å². The summed E-state index contributed by atoms with van der Waals surface area (Å²) in [4.78, 5) is 35.3. The normalized spacial score (nSPS) is 20.1. The number of nitrogens with zero attached hydrogens (tertiary/aromatic N) is 3. The van der Waals surface area contributed by atoms with Crippen molar-refractivity contribution in [1.29, 1.82) is 0 Å². The molecule has 0 bridgehead atoms. The molecule has 0 saturated heterocycles. The maximum Gasteiger partial charge on any atom is 0.284 e. The predicted octanol–water partition coefficient (Wildman–Crippen LogP) is 5.56. The molecule has 0 radical (unpaired) electrons. The maximum absolute atomic E-state index is 13.7. The molecule has 0 fully saturated rings. The van der Waals surface area contributed by atoms with E-state index >= 15 is 0 Å². The Morgan fingerprint density at radius 2 is 1.84 bits per heavy atom. The molecule has 226 valence electrons. The Kier molecular flexibility index (Phi) is 9.59. The molecule has 4 aromatic rings. The first-order chi connectivity index (χ1) is 20.7. The molecule has 1 aromatic heterocycles. The Morgan fingerprint density at radius 3 is 2.56 bits per heavy atom. The smallest absolute Gasteiger partial charge is 0.284 e. The molecular formula is C33H38N4O5S. The maximum atomic E-state index is 13.7. The third-order valence-electron chi connectivity index (χ3n) is 7.86. The van der Waals surface area contributed by atoms with Crippen LogP contribution in [0, 0.1) is 5.92 Å². The van der Waals surface area contributed by atoms with Gasteiger partial charge < -0.3 is 24.4 Å². The standard InChI is InChI=1S/C33H38N4O5S/c1-21-17-37(18-23-10-13-25(40-4)14-11-23)22(2)20-42-28-15-12-24(16-26(28)33(39)36(3)19-29(21)41-5)34-31(38)32-35-27-8-6-7-9-30(27)43-32/h6-16,21-22,29H,17-20H2,1-5H3,(H,34,38)/t21-,22+,29-/m0/s1. The van der Waals surface area contributed by atoms with Crippen molar-refractivity contribution < 1.29 is 23.8 Å². The fourth-order valence-electron chi connectivity index (χ4n) is 5.27. The van der Waals surface area contributed by atoms with Crippen LogP contribution in [-0.4, -0.2) is 79.7 Å². The number of hydrogen-bond acceptors (Lipinski definition) is 8. The number of benzene rings is 3. The molecular weight excluding hydrogens is 564 g/mol. The number of rotatable bonds is 6. The first kappa shape index (κ1) is 30.5. The van der Waals surface area contributed by atoms with Crippen LogP contribution in [0.2, 0.25) is 0 Å². The van der Waals surface area contributed by atoms with Gasteiger partial charge in [-0.3, -0.25) is 14.5 Å². The number of hydrogen-bond donors (Lipinski definition) is 1. The van der Waals surface area contributed by atoms with Crippen molar-refractivity contribution >= 4 is 39.1 Å². The van der Waals surface area contributed by atoms with Crippen molar-refractivity contribution in [3.8, 4) is 11.5 Å². The molecule has 9 nitrogen and oxygen atoms in total. The first-order valence-corrected chi connectivity index (χ1v) is 15.2. The monoisotopic (exact) mass is 602 g/mol.